The van der Waals surface area contributed by atoms with Gasteiger partial charge in [-0.15, -0.1) is 24.0 Å². The van der Waals surface area contributed by atoms with Crippen molar-refractivity contribution in [1.82, 2.24) is 15.5 Å². The summed E-state index contributed by atoms with van der Waals surface area (Å²) in [6, 6.07) is 11.4. The lowest BCUT2D eigenvalue weighted by Crippen LogP contribution is -2.41. The third kappa shape index (κ3) is 8.21. The van der Waals surface area contributed by atoms with Crippen molar-refractivity contribution < 1.29 is 5.11 Å². The molecule has 5 nitrogen and oxygen atoms in total. The van der Waals surface area contributed by atoms with Gasteiger partial charge in [0.05, 0.1) is 0 Å². The number of nitrogens with one attached hydrogen (secondary N) is 2. The van der Waals surface area contributed by atoms with E-state index < -0.39 is 0 Å². The first-order chi connectivity index (χ1) is 14.6. The average molecular weight is 543 g/mol. The summed E-state index contributed by atoms with van der Waals surface area (Å²) < 4.78 is 0. The number of aliphatic hydroxyl groups excluding tert-OH is 1. The molecule has 0 radical (unpaired) electrons. The predicted molar refractivity (Wildman–Crippen MR) is 141 cm³/mol. The van der Waals surface area contributed by atoms with Gasteiger partial charge < -0.3 is 15.7 Å². The summed E-state index contributed by atoms with van der Waals surface area (Å²) in [5.74, 6) is 1.59. The van der Waals surface area contributed by atoms with Crippen LogP contribution in [0.4, 0.5) is 0 Å². The van der Waals surface area contributed by atoms with Crippen molar-refractivity contribution in [3.63, 3.8) is 0 Å². The molecule has 2 atom stereocenters. The number of hydrogen-bond acceptors (Lipinski definition) is 3. The van der Waals surface area contributed by atoms with E-state index in [9.17, 15) is 5.11 Å². The van der Waals surface area contributed by atoms with Gasteiger partial charge in [0.25, 0.3) is 0 Å². The summed E-state index contributed by atoms with van der Waals surface area (Å²) >= 11 is 0. The van der Waals surface area contributed by atoms with Crippen LogP contribution < -0.4 is 10.6 Å². The Labute approximate surface area is 206 Å². The van der Waals surface area contributed by atoms with Gasteiger partial charge in [0.1, 0.15) is 0 Å². The first-order valence-corrected chi connectivity index (χ1v) is 12.0. The molecule has 3 N–H and O–H groups in total. The summed E-state index contributed by atoms with van der Waals surface area (Å²) in [6.07, 6.45) is 8.39. The first-order valence-electron chi connectivity index (χ1n) is 12.0. The largest absolute Gasteiger partial charge is 0.396 e. The van der Waals surface area contributed by atoms with Crippen molar-refractivity contribution in [2.75, 3.05) is 32.8 Å². The minimum absolute atomic E-state index is 0. The normalized spacial score (nSPS) is 23.9. The highest BCUT2D eigenvalue weighted by molar-refractivity contribution is 14.0. The first kappa shape index (κ1) is 26.4. The number of aliphatic imine (C=N–C) groups is 1. The molecule has 1 saturated carbocycles. The number of guanidine groups is 1. The molecule has 2 aliphatic rings. The zero-order valence-corrected chi connectivity index (χ0v) is 21.8. The van der Waals surface area contributed by atoms with Crippen molar-refractivity contribution in [2.45, 2.75) is 71.4 Å². The van der Waals surface area contributed by atoms with Gasteiger partial charge in [-0.05, 0) is 56.4 Å². The van der Waals surface area contributed by atoms with Crippen LogP contribution in [0.3, 0.4) is 0 Å². The van der Waals surface area contributed by atoms with Crippen molar-refractivity contribution in [3.05, 3.63) is 35.9 Å². The van der Waals surface area contributed by atoms with Crippen molar-refractivity contribution in [3.8, 4) is 0 Å². The molecule has 2 unspecified atom stereocenters. The molecule has 1 aromatic carbocycles. The minimum Gasteiger partial charge on any atom is -0.396 e. The van der Waals surface area contributed by atoms with Gasteiger partial charge in [-0.3, -0.25) is 9.89 Å². The molecule has 0 bridgehead atoms. The fourth-order valence-electron chi connectivity index (χ4n) is 5.26. The van der Waals surface area contributed by atoms with E-state index in [-0.39, 0.29) is 36.0 Å². The van der Waals surface area contributed by atoms with Crippen LogP contribution in [0.15, 0.2) is 35.3 Å². The highest BCUT2D eigenvalue weighted by Gasteiger charge is 2.32. The Morgan fingerprint density at radius 1 is 1.16 bits per heavy atom. The van der Waals surface area contributed by atoms with E-state index in [1.165, 1.54) is 44.1 Å². The van der Waals surface area contributed by atoms with E-state index in [4.69, 9.17) is 4.99 Å². The Bertz CT molecular complexity index is 643. The van der Waals surface area contributed by atoms with Gasteiger partial charge >= 0.3 is 0 Å². The van der Waals surface area contributed by atoms with Crippen LogP contribution in [0.25, 0.3) is 0 Å². The van der Waals surface area contributed by atoms with Crippen LogP contribution in [0.1, 0.15) is 64.4 Å². The number of halogens is 1. The maximum atomic E-state index is 9.57. The third-order valence-electron chi connectivity index (χ3n) is 7.05. The number of nitrogens with zero attached hydrogens (tertiary/aromatic N) is 2. The molecular formula is C25H43IN4O. The van der Waals surface area contributed by atoms with Crippen LogP contribution in [0.5, 0.6) is 0 Å². The van der Waals surface area contributed by atoms with Crippen LogP contribution >= 0.6 is 24.0 Å². The van der Waals surface area contributed by atoms with E-state index in [1.807, 2.05) is 0 Å². The SMILES string of the molecule is CCNC(=NCC1(CCO)CCCCC1)NCC1CC(C)N(Cc2ccccc2)C1.I. The molecule has 1 aliphatic heterocycles. The second-order valence-electron chi connectivity index (χ2n) is 9.48. The fraction of sp³-hybridized carbons (Fsp3) is 0.720. The highest BCUT2D eigenvalue weighted by Crippen LogP contribution is 2.39. The Kier molecular flexibility index (Phi) is 11.6. The standard InChI is InChI=1S/C25H42N4O.HI/c1-3-26-24(28-20-25(14-15-30)12-8-5-9-13-25)27-17-23-16-21(2)29(19-23)18-22-10-6-4-7-11-22;/h4,6-7,10-11,21,23,30H,3,5,8-9,12-20H2,1-2H3,(H2,26,27,28);1H. The molecule has 1 saturated heterocycles. The van der Waals surface area contributed by atoms with Crippen molar-refractivity contribution in [2.24, 2.45) is 16.3 Å². The lowest BCUT2D eigenvalue weighted by atomic mass is 9.72. The number of benzene rings is 1. The van der Waals surface area contributed by atoms with E-state index in [2.05, 4.69) is 59.7 Å². The van der Waals surface area contributed by atoms with Gasteiger partial charge in [-0.2, -0.15) is 0 Å². The Morgan fingerprint density at radius 3 is 2.58 bits per heavy atom. The fourth-order valence-corrected chi connectivity index (χ4v) is 5.26. The number of aliphatic hydroxyl groups is 1. The molecule has 3 rings (SSSR count). The van der Waals surface area contributed by atoms with Gasteiger partial charge in [0.15, 0.2) is 5.96 Å². The molecule has 1 aliphatic carbocycles. The summed E-state index contributed by atoms with van der Waals surface area (Å²) in [4.78, 5) is 7.57. The maximum Gasteiger partial charge on any atom is 0.191 e. The quantitative estimate of drug-likeness (QED) is 0.246. The molecule has 0 amide bonds. The molecule has 1 heterocycles. The number of rotatable bonds is 9. The van der Waals surface area contributed by atoms with E-state index in [1.54, 1.807) is 0 Å². The smallest absolute Gasteiger partial charge is 0.191 e. The monoisotopic (exact) mass is 542 g/mol. The third-order valence-corrected chi connectivity index (χ3v) is 7.05. The molecule has 0 spiro atoms. The van der Waals surface area contributed by atoms with Crippen molar-refractivity contribution >= 4 is 29.9 Å². The second kappa shape index (κ2) is 13.6. The zero-order valence-electron chi connectivity index (χ0n) is 19.5. The molecule has 176 valence electrons. The summed E-state index contributed by atoms with van der Waals surface area (Å²) in [6.45, 7) is 9.59. The topological polar surface area (TPSA) is 59.9 Å². The molecule has 1 aromatic rings. The van der Waals surface area contributed by atoms with Crippen LogP contribution in [-0.2, 0) is 6.54 Å². The highest BCUT2D eigenvalue weighted by atomic mass is 127. The van der Waals surface area contributed by atoms with E-state index in [0.717, 1.165) is 45.1 Å². The Morgan fingerprint density at radius 2 is 1.90 bits per heavy atom. The summed E-state index contributed by atoms with van der Waals surface area (Å²) in [7, 11) is 0. The summed E-state index contributed by atoms with van der Waals surface area (Å²) in [5.41, 5.74) is 1.60. The van der Waals surface area contributed by atoms with Crippen LogP contribution in [0, 0.1) is 11.3 Å². The van der Waals surface area contributed by atoms with Gasteiger partial charge in [0, 0.05) is 45.4 Å². The van der Waals surface area contributed by atoms with Gasteiger partial charge in [-0.1, -0.05) is 49.6 Å². The van der Waals surface area contributed by atoms with Crippen LogP contribution in [-0.4, -0.2) is 54.8 Å². The summed E-state index contributed by atoms with van der Waals surface area (Å²) in [5, 5.41) is 16.6. The minimum atomic E-state index is 0. The maximum absolute atomic E-state index is 9.57. The number of likely N-dealkylation sites (tertiary alicyclic amines) is 1. The average Bonchev–Trinajstić information content (AvgIpc) is 3.11. The lowest BCUT2D eigenvalue weighted by molar-refractivity contribution is 0.137. The Balaban J connectivity index is 0.00000341. The number of hydrogen-bond donors (Lipinski definition) is 3. The molecular weight excluding hydrogens is 499 g/mol. The molecule has 0 aromatic heterocycles. The van der Waals surface area contributed by atoms with E-state index in [0.29, 0.717) is 12.0 Å². The second-order valence-corrected chi connectivity index (χ2v) is 9.48. The van der Waals surface area contributed by atoms with Crippen LogP contribution in [0.2, 0.25) is 0 Å². The molecule has 31 heavy (non-hydrogen) atoms. The Hall–Kier alpha value is -0.860. The lowest BCUT2D eigenvalue weighted by Gasteiger charge is -2.35. The zero-order chi connectivity index (χ0) is 21.2. The van der Waals surface area contributed by atoms with E-state index >= 15 is 0 Å². The van der Waals surface area contributed by atoms with Gasteiger partial charge in [0.2, 0.25) is 0 Å². The van der Waals surface area contributed by atoms with Gasteiger partial charge in [-0.25, -0.2) is 0 Å². The predicted octanol–water partition coefficient (Wildman–Crippen LogP) is 4.40. The van der Waals surface area contributed by atoms with Crippen molar-refractivity contribution in [1.29, 1.82) is 0 Å². The molecule has 2 fully saturated rings. The molecule has 6 heteroatoms.